The predicted octanol–water partition coefficient (Wildman–Crippen LogP) is 1.78. The van der Waals surface area contributed by atoms with Crippen LogP contribution in [-0.2, 0) is 4.74 Å². The minimum atomic E-state index is 0.492. The summed E-state index contributed by atoms with van der Waals surface area (Å²) in [4.78, 5) is 9.52. The lowest BCUT2D eigenvalue weighted by Crippen LogP contribution is -2.47. The summed E-state index contributed by atoms with van der Waals surface area (Å²) in [6, 6.07) is 0.492. The van der Waals surface area contributed by atoms with Crippen molar-refractivity contribution in [3.8, 4) is 0 Å². The lowest BCUT2D eigenvalue weighted by Gasteiger charge is -2.35. The summed E-state index contributed by atoms with van der Waals surface area (Å²) >= 11 is 0. The summed E-state index contributed by atoms with van der Waals surface area (Å²) in [5.41, 5.74) is 6.24. The summed E-state index contributed by atoms with van der Waals surface area (Å²) in [6.45, 7) is 13.6. The number of morpholine rings is 1. The standard InChI is InChI=1S/C17H34N4O/c1-14(2)12-16(20-8-10-22-11-9-20)13-19-17(18)21-6-4-15(3)5-7-21/h14-16H,4-13H2,1-3H3,(H2,18,19). The van der Waals surface area contributed by atoms with Crippen molar-refractivity contribution in [2.24, 2.45) is 22.6 Å². The second-order valence-corrected chi connectivity index (χ2v) is 7.30. The molecule has 22 heavy (non-hydrogen) atoms. The van der Waals surface area contributed by atoms with Gasteiger partial charge >= 0.3 is 0 Å². The first-order valence-electron chi connectivity index (χ1n) is 8.93. The fraction of sp³-hybridized carbons (Fsp3) is 0.941. The van der Waals surface area contributed by atoms with Crippen molar-refractivity contribution in [2.75, 3.05) is 45.9 Å². The van der Waals surface area contributed by atoms with Gasteiger partial charge in [0.1, 0.15) is 0 Å². The molecular formula is C17H34N4O. The van der Waals surface area contributed by atoms with Crippen LogP contribution in [0.1, 0.15) is 40.0 Å². The highest BCUT2D eigenvalue weighted by atomic mass is 16.5. The lowest BCUT2D eigenvalue weighted by atomic mass is 9.99. The molecule has 0 saturated carbocycles. The van der Waals surface area contributed by atoms with Gasteiger partial charge in [-0.2, -0.15) is 0 Å². The molecule has 0 aliphatic carbocycles. The Bertz CT molecular complexity index is 345. The second-order valence-electron chi connectivity index (χ2n) is 7.30. The Hall–Kier alpha value is -0.810. The summed E-state index contributed by atoms with van der Waals surface area (Å²) in [7, 11) is 0. The Kier molecular flexibility index (Phi) is 6.96. The van der Waals surface area contributed by atoms with Gasteiger partial charge in [0, 0.05) is 32.2 Å². The van der Waals surface area contributed by atoms with Crippen molar-refractivity contribution in [1.29, 1.82) is 0 Å². The summed E-state index contributed by atoms with van der Waals surface area (Å²) < 4.78 is 5.48. The third-order valence-corrected chi connectivity index (χ3v) is 4.88. The largest absolute Gasteiger partial charge is 0.379 e. The van der Waals surface area contributed by atoms with Crippen molar-refractivity contribution in [1.82, 2.24) is 9.80 Å². The highest BCUT2D eigenvalue weighted by Crippen LogP contribution is 2.17. The van der Waals surface area contributed by atoms with Gasteiger partial charge < -0.3 is 15.4 Å². The Labute approximate surface area is 135 Å². The number of rotatable bonds is 5. The van der Waals surface area contributed by atoms with Crippen LogP contribution < -0.4 is 5.73 Å². The maximum absolute atomic E-state index is 6.24. The van der Waals surface area contributed by atoms with Crippen molar-refractivity contribution < 1.29 is 4.74 Å². The van der Waals surface area contributed by atoms with Crippen molar-refractivity contribution in [3.05, 3.63) is 0 Å². The first kappa shape index (κ1) is 17.5. The number of hydrogen-bond donors (Lipinski definition) is 1. The fourth-order valence-corrected chi connectivity index (χ4v) is 3.36. The number of aliphatic imine (C=N–C) groups is 1. The van der Waals surface area contributed by atoms with E-state index in [9.17, 15) is 0 Å². The summed E-state index contributed by atoms with van der Waals surface area (Å²) in [5, 5.41) is 0. The van der Waals surface area contributed by atoms with Gasteiger partial charge in [0.25, 0.3) is 0 Å². The van der Waals surface area contributed by atoms with E-state index in [1.807, 2.05) is 0 Å². The van der Waals surface area contributed by atoms with Crippen LogP contribution in [0.15, 0.2) is 4.99 Å². The van der Waals surface area contributed by atoms with Crippen LogP contribution in [0.2, 0.25) is 0 Å². The van der Waals surface area contributed by atoms with Crippen LogP contribution in [0.5, 0.6) is 0 Å². The van der Waals surface area contributed by atoms with Gasteiger partial charge in [-0.1, -0.05) is 20.8 Å². The van der Waals surface area contributed by atoms with E-state index in [0.29, 0.717) is 12.0 Å². The molecule has 2 fully saturated rings. The molecule has 128 valence electrons. The van der Waals surface area contributed by atoms with E-state index in [1.54, 1.807) is 0 Å². The number of likely N-dealkylation sites (tertiary alicyclic amines) is 1. The molecule has 2 aliphatic heterocycles. The van der Waals surface area contributed by atoms with Gasteiger partial charge in [-0.15, -0.1) is 0 Å². The molecule has 2 heterocycles. The molecule has 0 bridgehead atoms. The third kappa shape index (κ3) is 5.43. The number of ether oxygens (including phenoxy) is 1. The molecule has 5 nitrogen and oxygen atoms in total. The SMILES string of the molecule is CC(C)CC(CN=C(N)N1CCC(C)CC1)N1CCOCC1. The van der Waals surface area contributed by atoms with Gasteiger partial charge in [0.05, 0.1) is 19.8 Å². The normalized spacial score (nSPS) is 24.0. The minimum Gasteiger partial charge on any atom is -0.379 e. The number of hydrogen-bond acceptors (Lipinski definition) is 3. The van der Waals surface area contributed by atoms with E-state index in [-0.39, 0.29) is 0 Å². The summed E-state index contributed by atoms with van der Waals surface area (Å²) in [5.74, 6) is 2.25. The van der Waals surface area contributed by atoms with Gasteiger partial charge in [-0.3, -0.25) is 9.89 Å². The lowest BCUT2D eigenvalue weighted by molar-refractivity contribution is 0.0142. The molecule has 2 N–H and O–H groups in total. The number of nitrogens with two attached hydrogens (primary N) is 1. The quantitative estimate of drug-likeness (QED) is 0.621. The monoisotopic (exact) mass is 310 g/mol. The Balaban J connectivity index is 1.89. The molecule has 2 saturated heterocycles. The molecule has 0 aromatic heterocycles. The van der Waals surface area contributed by atoms with Crippen LogP contribution in [0.4, 0.5) is 0 Å². The van der Waals surface area contributed by atoms with E-state index in [2.05, 4.69) is 30.6 Å². The van der Waals surface area contributed by atoms with Crippen molar-refractivity contribution in [2.45, 2.75) is 46.1 Å². The van der Waals surface area contributed by atoms with Gasteiger partial charge in [-0.25, -0.2) is 0 Å². The zero-order valence-corrected chi connectivity index (χ0v) is 14.6. The van der Waals surface area contributed by atoms with E-state index < -0.39 is 0 Å². The van der Waals surface area contributed by atoms with Crippen molar-refractivity contribution in [3.63, 3.8) is 0 Å². The maximum atomic E-state index is 6.24. The summed E-state index contributed by atoms with van der Waals surface area (Å²) in [6.07, 6.45) is 3.64. The maximum Gasteiger partial charge on any atom is 0.191 e. The molecule has 0 aromatic rings. The second kappa shape index (κ2) is 8.73. The molecule has 0 radical (unpaired) electrons. The van der Waals surface area contributed by atoms with E-state index in [0.717, 1.165) is 57.8 Å². The zero-order valence-electron chi connectivity index (χ0n) is 14.6. The van der Waals surface area contributed by atoms with Crippen LogP contribution in [0.25, 0.3) is 0 Å². The molecule has 2 rings (SSSR count). The molecule has 2 aliphatic rings. The minimum absolute atomic E-state index is 0.492. The van der Waals surface area contributed by atoms with Gasteiger partial charge in [-0.05, 0) is 31.1 Å². The average Bonchev–Trinajstić information content (AvgIpc) is 2.52. The van der Waals surface area contributed by atoms with E-state index >= 15 is 0 Å². The smallest absolute Gasteiger partial charge is 0.191 e. The predicted molar refractivity (Wildman–Crippen MR) is 92.1 cm³/mol. The van der Waals surface area contributed by atoms with E-state index in [4.69, 9.17) is 15.5 Å². The van der Waals surface area contributed by atoms with Crippen LogP contribution in [-0.4, -0.2) is 67.7 Å². The molecular weight excluding hydrogens is 276 g/mol. The molecule has 5 heteroatoms. The van der Waals surface area contributed by atoms with Gasteiger partial charge in [0.15, 0.2) is 5.96 Å². The number of piperidine rings is 1. The Morgan fingerprint density at radius 3 is 2.41 bits per heavy atom. The molecule has 1 unspecified atom stereocenters. The first-order chi connectivity index (χ1) is 10.6. The highest BCUT2D eigenvalue weighted by molar-refractivity contribution is 5.78. The zero-order chi connectivity index (χ0) is 15.9. The van der Waals surface area contributed by atoms with Crippen LogP contribution in [0, 0.1) is 11.8 Å². The Morgan fingerprint density at radius 2 is 1.82 bits per heavy atom. The number of nitrogens with zero attached hydrogens (tertiary/aromatic N) is 3. The molecule has 0 spiro atoms. The van der Waals surface area contributed by atoms with E-state index in [1.165, 1.54) is 19.3 Å². The molecule has 1 atom stereocenters. The first-order valence-corrected chi connectivity index (χ1v) is 8.93. The molecule has 0 amide bonds. The van der Waals surface area contributed by atoms with Crippen LogP contribution in [0.3, 0.4) is 0 Å². The highest BCUT2D eigenvalue weighted by Gasteiger charge is 2.22. The third-order valence-electron chi connectivity index (χ3n) is 4.88. The topological polar surface area (TPSA) is 54.1 Å². The average molecular weight is 310 g/mol. The Morgan fingerprint density at radius 1 is 1.18 bits per heavy atom. The molecule has 0 aromatic carbocycles. The number of guanidine groups is 1. The van der Waals surface area contributed by atoms with Crippen molar-refractivity contribution >= 4 is 5.96 Å². The van der Waals surface area contributed by atoms with Crippen LogP contribution >= 0.6 is 0 Å². The fourth-order valence-electron chi connectivity index (χ4n) is 3.36. The van der Waals surface area contributed by atoms with Gasteiger partial charge in [0.2, 0.25) is 0 Å².